The van der Waals surface area contributed by atoms with E-state index in [0.717, 1.165) is 10.9 Å². The number of benzene rings is 3. The van der Waals surface area contributed by atoms with Crippen molar-refractivity contribution in [3.05, 3.63) is 72.3 Å². The van der Waals surface area contributed by atoms with Crippen molar-refractivity contribution in [2.45, 2.75) is 26.0 Å². The normalized spacial score (nSPS) is 11.8. The Balaban J connectivity index is 1.65. The van der Waals surface area contributed by atoms with Gasteiger partial charge in [-0.05, 0) is 41.0 Å². The summed E-state index contributed by atoms with van der Waals surface area (Å²) in [5.74, 6) is 1.06. The van der Waals surface area contributed by atoms with Crippen molar-refractivity contribution >= 4 is 16.7 Å². The van der Waals surface area contributed by atoms with Crippen molar-refractivity contribution in [2.75, 3.05) is 7.11 Å². The molecule has 134 valence electrons. The van der Waals surface area contributed by atoms with Crippen molar-refractivity contribution in [1.82, 2.24) is 5.32 Å². The second-order valence-corrected chi connectivity index (χ2v) is 6.06. The lowest BCUT2D eigenvalue weighted by molar-refractivity contribution is -0.128. The molecule has 0 aliphatic heterocycles. The van der Waals surface area contributed by atoms with Gasteiger partial charge in [-0.15, -0.1) is 0 Å². The van der Waals surface area contributed by atoms with Gasteiger partial charge in [0.2, 0.25) is 0 Å². The van der Waals surface area contributed by atoms with E-state index in [1.54, 1.807) is 13.2 Å². The van der Waals surface area contributed by atoms with Crippen LogP contribution in [0.3, 0.4) is 0 Å². The van der Waals surface area contributed by atoms with Crippen molar-refractivity contribution < 1.29 is 14.3 Å². The molecular formula is C22H23NO3. The molecule has 4 heteroatoms. The predicted octanol–water partition coefficient (Wildman–Crippen LogP) is 4.32. The number of carbonyl (C=O) groups excluding carboxylic acids is 1. The first-order valence-electron chi connectivity index (χ1n) is 8.76. The van der Waals surface area contributed by atoms with Crippen LogP contribution in [0, 0.1) is 0 Å². The van der Waals surface area contributed by atoms with Crippen molar-refractivity contribution in [3.8, 4) is 11.5 Å². The molecule has 3 aromatic rings. The molecule has 0 saturated carbocycles. The molecule has 0 radical (unpaired) electrons. The lowest BCUT2D eigenvalue weighted by Crippen LogP contribution is -2.37. The molecule has 0 fully saturated rings. The molecule has 1 amide bonds. The summed E-state index contributed by atoms with van der Waals surface area (Å²) in [7, 11) is 1.59. The summed E-state index contributed by atoms with van der Waals surface area (Å²) in [6.45, 7) is 2.39. The summed E-state index contributed by atoms with van der Waals surface area (Å²) in [5, 5.41) is 5.32. The Bertz CT molecular complexity index is 891. The number of ether oxygens (including phenoxy) is 2. The fourth-order valence-electron chi connectivity index (χ4n) is 2.84. The molecule has 1 atom stereocenters. The lowest BCUT2D eigenvalue weighted by Gasteiger charge is -2.19. The van der Waals surface area contributed by atoms with E-state index < -0.39 is 6.10 Å². The second-order valence-electron chi connectivity index (χ2n) is 6.06. The molecule has 3 rings (SSSR count). The Labute approximate surface area is 153 Å². The summed E-state index contributed by atoms with van der Waals surface area (Å²) in [5.41, 5.74) is 1.06. The average molecular weight is 349 g/mol. The van der Waals surface area contributed by atoms with E-state index in [-0.39, 0.29) is 5.91 Å². The zero-order chi connectivity index (χ0) is 18.4. The number of rotatable bonds is 7. The largest absolute Gasteiger partial charge is 0.493 e. The highest BCUT2D eigenvalue weighted by molar-refractivity contribution is 5.84. The van der Waals surface area contributed by atoms with Crippen LogP contribution in [0.4, 0.5) is 0 Å². The molecule has 4 nitrogen and oxygen atoms in total. The summed E-state index contributed by atoms with van der Waals surface area (Å²) in [6, 6.07) is 21.7. The van der Waals surface area contributed by atoms with E-state index in [9.17, 15) is 4.79 Å². The Morgan fingerprint density at radius 1 is 0.962 bits per heavy atom. The predicted molar refractivity (Wildman–Crippen MR) is 103 cm³/mol. The second kappa shape index (κ2) is 8.39. The number of carbonyl (C=O) groups is 1. The number of para-hydroxylation sites is 2. The van der Waals surface area contributed by atoms with Crippen LogP contribution in [-0.4, -0.2) is 19.1 Å². The summed E-state index contributed by atoms with van der Waals surface area (Å²) in [4.78, 5) is 12.5. The van der Waals surface area contributed by atoms with Gasteiger partial charge >= 0.3 is 0 Å². The van der Waals surface area contributed by atoms with Gasteiger partial charge in [0.25, 0.3) is 5.91 Å². The number of methoxy groups -OCH3 is 1. The highest BCUT2D eigenvalue weighted by atomic mass is 16.5. The molecule has 0 aliphatic rings. The van der Waals surface area contributed by atoms with Gasteiger partial charge in [-0.25, -0.2) is 0 Å². The topological polar surface area (TPSA) is 47.6 Å². The molecule has 3 aromatic carbocycles. The van der Waals surface area contributed by atoms with Gasteiger partial charge in [0.05, 0.1) is 7.11 Å². The number of hydrogen-bond donors (Lipinski definition) is 1. The fraction of sp³-hybridized carbons (Fsp3) is 0.227. The minimum atomic E-state index is -0.563. The van der Waals surface area contributed by atoms with Gasteiger partial charge in [-0.1, -0.05) is 55.5 Å². The minimum Gasteiger partial charge on any atom is -0.493 e. The van der Waals surface area contributed by atoms with E-state index in [0.29, 0.717) is 24.5 Å². The molecule has 0 bridgehead atoms. The Morgan fingerprint density at radius 3 is 2.38 bits per heavy atom. The van der Waals surface area contributed by atoms with Crippen LogP contribution >= 0.6 is 0 Å². The standard InChI is InChI=1S/C22H23NO3/c1-3-19(26-21-11-7-6-10-20(21)25-2)22(24)23-15-16-12-13-17-8-4-5-9-18(17)14-16/h4-14,19H,3,15H2,1-2H3,(H,23,24)/t19-/m1/s1. The third-order valence-electron chi connectivity index (χ3n) is 4.28. The zero-order valence-electron chi connectivity index (χ0n) is 15.1. The Morgan fingerprint density at radius 2 is 1.65 bits per heavy atom. The number of fused-ring (bicyclic) bond motifs is 1. The number of hydrogen-bond acceptors (Lipinski definition) is 3. The highest BCUT2D eigenvalue weighted by Crippen LogP contribution is 2.27. The maximum absolute atomic E-state index is 12.5. The van der Waals surface area contributed by atoms with Gasteiger partial charge < -0.3 is 14.8 Å². The first-order valence-corrected chi connectivity index (χ1v) is 8.76. The van der Waals surface area contributed by atoms with Gasteiger partial charge in [0.1, 0.15) is 0 Å². The van der Waals surface area contributed by atoms with Crippen molar-refractivity contribution in [2.24, 2.45) is 0 Å². The third kappa shape index (κ3) is 4.14. The van der Waals surface area contributed by atoms with Crippen LogP contribution in [0.15, 0.2) is 66.7 Å². The summed E-state index contributed by atoms with van der Waals surface area (Å²) < 4.78 is 11.2. The van der Waals surface area contributed by atoms with Gasteiger partial charge in [-0.2, -0.15) is 0 Å². The molecule has 26 heavy (non-hydrogen) atoms. The average Bonchev–Trinajstić information content (AvgIpc) is 2.70. The van der Waals surface area contributed by atoms with Gasteiger partial charge in [-0.3, -0.25) is 4.79 Å². The molecular weight excluding hydrogens is 326 g/mol. The number of nitrogens with one attached hydrogen (secondary N) is 1. The Kier molecular flexibility index (Phi) is 5.74. The molecule has 0 aliphatic carbocycles. The number of amides is 1. The summed E-state index contributed by atoms with van der Waals surface area (Å²) >= 11 is 0. The third-order valence-corrected chi connectivity index (χ3v) is 4.28. The molecule has 0 spiro atoms. The molecule has 0 unspecified atom stereocenters. The van der Waals surface area contributed by atoms with E-state index in [1.165, 1.54) is 5.39 Å². The molecule has 0 aromatic heterocycles. The van der Waals surface area contributed by atoms with Crippen LogP contribution < -0.4 is 14.8 Å². The van der Waals surface area contributed by atoms with E-state index in [4.69, 9.17) is 9.47 Å². The monoisotopic (exact) mass is 349 g/mol. The first kappa shape index (κ1) is 17.8. The van der Waals surface area contributed by atoms with E-state index >= 15 is 0 Å². The van der Waals surface area contributed by atoms with Crippen LogP contribution in [0.5, 0.6) is 11.5 Å². The first-order chi connectivity index (χ1) is 12.7. The molecule has 1 N–H and O–H groups in total. The summed E-state index contributed by atoms with van der Waals surface area (Å²) in [6.07, 6.45) is 0.00785. The quantitative estimate of drug-likeness (QED) is 0.691. The SMILES string of the molecule is CC[C@@H](Oc1ccccc1OC)C(=O)NCc1ccc2ccccc2c1. The Hall–Kier alpha value is -3.01. The minimum absolute atomic E-state index is 0.133. The maximum Gasteiger partial charge on any atom is 0.261 e. The van der Waals surface area contributed by atoms with Gasteiger partial charge in [0.15, 0.2) is 17.6 Å². The molecule has 0 heterocycles. The van der Waals surface area contributed by atoms with Crippen LogP contribution in [0.25, 0.3) is 10.8 Å². The zero-order valence-corrected chi connectivity index (χ0v) is 15.1. The molecule has 0 saturated heterocycles. The van der Waals surface area contributed by atoms with E-state index in [1.807, 2.05) is 43.3 Å². The lowest BCUT2D eigenvalue weighted by atomic mass is 10.1. The van der Waals surface area contributed by atoms with Crippen molar-refractivity contribution in [3.63, 3.8) is 0 Å². The fourth-order valence-corrected chi connectivity index (χ4v) is 2.84. The van der Waals surface area contributed by atoms with Crippen LogP contribution in [0.2, 0.25) is 0 Å². The van der Waals surface area contributed by atoms with Crippen LogP contribution in [0.1, 0.15) is 18.9 Å². The van der Waals surface area contributed by atoms with Crippen molar-refractivity contribution in [1.29, 1.82) is 0 Å². The van der Waals surface area contributed by atoms with Gasteiger partial charge in [0, 0.05) is 6.54 Å². The van der Waals surface area contributed by atoms with Crippen LogP contribution in [-0.2, 0) is 11.3 Å². The van der Waals surface area contributed by atoms with E-state index in [2.05, 4.69) is 29.6 Å². The highest BCUT2D eigenvalue weighted by Gasteiger charge is 2.19. The smallest absolute Gasteiger partial charge is 0.261 e. The maximum atomic E-state index is 12.5.